The van der Waals surface area contributed by atoms with Crippen LogP contribution in [-0.4, -0.2) is 34.5 Å². The van der Waals surface area contributed by atoms with Gasteiger partial charge in [-0.25, -0.2) is 17.9 Å². The molecule has 17 heavy (non-hydrogen) atoms. The van der Waals surface area contributed by atoms with E-state index in [9.17, 15) is 8.42 Å². The zero-order chi connectivity index (χ0) is 12.0. The molecule has 0 aromatic carbocycles. The van der Waals surface area contributed by atoms with Crippen molar-refractivity contribution in [3.8, 4) is 0 Å². The molecular formula is C10H10ClN3O2S. The monoisotopic (exact) mass is 271 g/mol. The second-order valence-electron chi connectivity index (χ2n) is 4.19. The molecule has 3 heterocycles. The van der Waals surface area contributed by atoms with Crippen LogP contribution in [0.15, 0.2) is 18.2 Å². The summed E-state index contributed by atoms with van der Waals surface area (Å²) < 4.78 is 24.3. The molecule has 1 saturated heterocycles. The number of pyridine rings is 1. The molecule has 2 aromatic rings. The van der Waals surface area contributed by atoms with E-state index in [0.717, 1.165) is 0 Å². The van der Waals surface area contributed by atoms with Crippen LogP contribution < -0.4 is 0 Å². The van der Waals surface area contributed by atoms with Gasteiger partial charge in [-0.3, -0.25) is 0 Å². The smallest absolute Gasteiger partial charge is 0.157 e. The number of hydrogen-bond acceptors (Lipinski definition) is 4. The van der Waals surface area contributed by atoms with Gasteiger partial charge in [0, 0.05) is 5.92 Å². The van der Waals surface area contributed by atoms with Gasteiger partial charge in [0.1, 0.15) is 5.15 Å². The minimum absolute atomic E-state index is 0.101. The molecule has 0 bridgehead atoms. The van der Waals surface area contributed by atoms with Crippen molar-refractivity contribution in [3.63, 3.8) is 0 Å². The molecule has 7 heteroatoms. The molecule has 5 nitrogen and oxygen atoms in total. The van der Waals surface area contributed by atoms with Crippen LogP contribution in [0.2, 0.25) is 5.15 Å². The second-order valence-corrected chi connectivity index (χ2v) is 6.80. The fourth-order valence-corrected chi connectivity index (χ4v) is 4.00. The van der Waals surface area contributed by atoms with Crippen molar-refractivity contribution in [1.82, 2.24) is 14.6 Å². The average Bonchev–Trinajstić information content (AvgIpc) is 2.82. The standard InChI is InChI=1S/C10H10ClN3O2S/c11-8-2-1-3-9-12-10(13-14(8)9)7-4-5-17(15,16)6-7/h1-3,7H,4-6H2. The molecule has 2 aromatic heterocycles. The Morgan fingerprint density at radius 1 is 1.41 bits per heavy atom. The number of halogens is 1. The van der Waals surface area contributed by atoms with E-state index in [1.54, 1.807) is 18.2 Å². The van der Waals surface area contributed by atoms with Gasteiger partial charge in [0.05, 0.1) is 11.5 Å². The van der Waals surface area contributed by atoms with Crippen molar-refractivity contribution in [1.29, 1.82) is 0 Å². The quantitative estimate of drug-likeness (QED) is 0.733. The third-order valence-electron chi connectivity index (χ3n) is 2.93. The highest BCUT2D eigenvalue weighted by Crippen LogP contribution is 2.27. The van der Waals surface area contributed by atoms with Crippen molar-refractivity contribution in [3.05, 3.63) is 29.2 Å². The van der Waals surface area contributed by atoms with Crippen molar-refractivity contribution in [2.75, 3.05) is 11.5 Å². The largest absolute Gasteiger partial charge is 0.229 e. The van der Waals surface area contributed by atoms with Gasteiger partial charge in [-0.05, 0) is 18.6 Å². The van der Waals surface area contributed by atoms with Crippen molar-refractivity contribution in [2.24, 2.45) is 0 Å². The molecule has 0 spiro atoms. The summed E-state index contributed by atoms with van der Waals surface area (Å²) in [4.78, 5) is 4.32. The van der Waals surface area contributed by atoms with Crippen LogP contribution in [0.3, 0.4) is 0 Å². The molecule has 0 amide bonds. The summed E-state index contributed by atoms with van der Waals surface area (Å²) in [6.07, 6.45) is 0.594. The number of rotatable bonds is 1. The van der Waals surface area contributed by atoms with Gasteiger partial charge >= 0.3 is 0 Å². The van der Waals surface area contributed by atoms with Gasteiger partial charge in [-0.2, -0.15) is 0 Å². The van der Waals surface area contributed by atoms with Gasteiger partial charge < -0.3 is 0 Å². The lowest BCUT2D eigenvalue weighted by Crippen LogP contribution is -2.05. The summed E-state index contributed by atoms with van der Waals surface area (Å²) >= 11 is 5.98. The maximum Gasteiger partial charge on any atom is 0.157 e. The Morgan fingerprint density at radius 3 is 2.88 bits per heavy atom. The zero-order valence-corrected chi connectivity index (χ0v) is 10.4. The molecule has 90 valence electrons. The predicted octanol–water partition coefficient (Wildman–Crippen LogP) is 1.28. The van der Waals surface area contributed by atoms with Gasteiger partial charge in [0.25, 0.3) is 0 Å². The van der Waals surface area contributed by atoms with Gasteiger partial charge in [0.2, 0.25) is 0 Å². The van der Waals surface area contributed by atoms with E-state index in [0.29, 0.717) is 23.0 Å². The molecule has 1 unspecified atom stereocenters. The number of nitrogens with zero attached hydrogens (tertiary/aromatic N) is 3. The van der Waals surface area contributed by atoms with Gasteiger partial charge in [-0.15, -0.1) is 5.10 Å². The summed E-state index contributed by atoms with van der Waals surface area (Å²) in [5.41, 5.74) is 0.650. The Morgan fingerprint density at radius 2 is 2.24 bits per heavy atom. The van der Waals surface area contributed by atoms with Crippen molar-refractivity contribution < 1.29 is 8.42 Å². The highest BCUT2D eigenvalue weighted by atomic mass is 35.5. The number of fused-ring (bicyclic) bond motifs is 1. The number of aromatic nitrogens is 3. The number of sulfone groups is 1. The van der Waals surface area contributed by atoms with Crippen LogP contribution in [0, 0.1) is 0 Å². The third-order valence-corrected chi connectivity index (χ3v) is 4.98. The third kappa shape index (κ3) is 1.91. The fourth-order valence-electron chi connectivity index (χ4n) is 2.06. The molecule has 1 aliphatic rings. The first kappa shape index (κ1) is 11.0. The maximum absolute atomic E-state index is 11.4. The topological polar surface area (TPSA) is 64.3 Å². The minimum Gasteiger partial charge on any atom is -0.229 e. The molecule has 0 saturated carbocycles. The Kier molecular flexibility index (Phi) is 2.38. The van der Waals surface area contributed by atoms with E-state index in [2.05, 4.69) is 10.1 Å². The summed E-state index contributed by atoms with van der Waals surface area (Å²) in [6, 6.07) is 5.31. The highest BCUT2D eigenvalue weighted by molar-refractivity contribution is 7.91. The molecule has 1 aliphatic heterocycles. The first-order chi connectivity index (χ1) is 8.05. The van der Waals surface area contributed by atoms with Crippen LogP contribution in [-0.2, 0) is 9.84 Å². The van der Waals surface area contributed by atoms with Gasteiger partial charge in [0.15, 0.2) is 21.3 Å². The first-order valence-electron chi connectivity index (χ1n) is 5.27. The Hall–Kier alpha value is -1.14. The SMILES string of the molecule is O=S1(=O)CCC(c2nc3cccc(Cl)n3n2)C1. The van der Waals surface area contributed by atoms with Crippen LogP contribution in [0.1, 0.15) is 18.2 Å². The highest BCUT2D eigenvalue weighted by Gasteiger charge is 2.31. The number of hydrogen-bond donors (Lipinski definition) is 0. The predicted molar refractivity (Wildman–Crippen MR) is 64.0 cm³/mol. The summed E-state index contributed by atoms with van der Waals surface area (Å²) in [6.45, 7) is 0. The first-order valence-corrected chi connectivity index (χ1v) is 7.47. The van der Waals surface area contributed by atoms with Crippen LogP contribution in [0.4, 0.5) is 0 Å². The fraction of sp³-hybridized carbons (Fsp3) is 0.400. The van der Waals surface area contributed by atoms with E-state index < -0.39 is 9.84 Å². The molecular weight excluding hydrogens is 262 g/mol. The molecule has 0 radical (unpaired) electrons. The van der Waals surface area contributed by atoms with Crippen LogP contribution >= 0.6 is 11.6 Å². The summed E-state index contributed by atoms with van der Waals surface area (Å²) in [5.74, 6) is 0.831. The van der Waals surface area contributed by atoms with E-state index in [4.69, 9.17) is 11.6 Å². The van der Waals surface area contributed by atoms with Crippen molar-refractivity contribution >= 4 is 27.1 Å². The van der Waals surface area contributed by atoms with Crippen LogP contribution in [0.25, 0.3) is 5.65 Å². The zero-order valence-electron chi connectivity index (χ0n) is 8.88. The van der Waals surface area contributed by atoms with E-state index in [1.807, 2.05) is 0 Å². The van der Waals surface area contributed by atoms with E-state index >= 15 is 0 Å². The van der Waals surface area contributed by atoms with Crippen LogP contribution in [0.5, 0.6) is 0 Å². The van der Waals surface area contributed by atoms with Crippen molar-refractivity contribution in [2.45, 2.75) is 12.3 Å². The lowest BCUT2D eigenvalue weighted by atomic mass is 10.1. The summed E-state index contributed by atoms with van der Waals surface area (Å²) in [5, 5.41) is 4.74. The average molecular weight is 272 g/mol. The Balaban J connectivity index is 2.05. The lowest BCUT2D eigenvalue weighted by Gasteiger charge is -1.99. The lowest BCUT2D eigenvalue weighted by molar-refractivity contribution is 0.601. The molecule has 1 fully saturated rings. The minimum atomic E-state index is -2.91. The molecule has 1 atom stereocenters. The molecule has 3 rings (SSSR count). The Bertz CT molecular complexity index is 680. The normalized spacial score (nSPS) is 23.2. The molecule has 0 N–H and O–H groups in total. The van der Waals surface area contributed by atoms with E-state index in [-0.39, 0.29) is 17.4 Å². The summed E-state index contributed by atoms with van der Waals surface area (Å²) in [7, 11) is -2.91. The van der Waals surface area contributed by atoms with E-state index in [1.165, 1.54) is 4.52 Å². The van der Waals surface area contributed by atoms with Gasteiger partial charge in [-0.1, -0.05) is 17.7 Å². The molecule has 0 aliphatic carbocycles. The second kappa shape index (κ2) is 3.68. The maximum atomic E-state index is 11.4. The Labute approximate surface area is 103 Å².